The molecule has 0 aromatic carbocycles. The first-order chi connectivity index (χ1) is 8.67. The minimum Gasteiger partial charge on any atom is -0.469 e. The van der Waals surface area contributed by atoms with E-state index in [-0.39, 0.29) is 17.8 Å². The second kappa shape index (κ2) is 5.00. The number of ether oxygens (including phenoxy) is 1. The summed E-state index contributed by atoms with van der Waals surface area (Å²) in [7, 11) is 1.39. The fraction of sp³-hybridized carbons (Fsp3) is 0.500. The van der Waals surface area contributed by atoms with Crippen LogP contribution >= 0.6 is 0 Å². The largest absolute Gasteiger partial charge is 0.469 e. The van der Waals surface area contributed by atoms with Gasteiger partial charge in [0.2, 0.25) is 0 Å². The van der Waals surface area contributed by atoms with Crippen LogP contribution in [0.4, 0.5) is 5.82 Å². The monoisotopic (exact) mass is 246 g/mol. The lowest BCUT2D eigenvalue weighted by molar-refractivity contribution is -0.145. The molecule has 1 saturated heterocycles. The van der Waals surface area contributed by atoms with Gasteiger partial charge in [0.05, 0.1) is 24.8 Å². The van der Waals surface area contributed by atoms with Crippen LogP contribution in [0.5, 0.6) is 0 Å². The molecule has 6 nitrogen and oxygen atoms in total. The van der Waals surface area contributed by atoms with Crippen LogP contribution in [0.25, 0.3) is 0 Å². The van der Waals surface area contributed by atoms with Crippen molar-refractivity contribution in [1.82, 2.24) is 10.2 Å². The first-order valence-electron chi connectivity index (χ1n) is 5.72. The van der Waals surface area contributed by atoms with Gasteiger partial charge in [0.15, 0.2) is 5.82 Å². The third kappa shape index (κ3) is 2.12. The molecule has 0 bridgehead atoms. The molecule has 94 valence electrons. The van der Waals surface area contributed by atoms with E-state index in [0.717, 1.165) is 0 Å². The van der Waals surface area contributed by atoms with Crippen LogP contribution in [-0.2, 0) is 9.53 Å². The second-order valence-corrected chi connectivity index (χ2v) is 4.39. The Hall–Kier alpha value is -2.16. The number of nitrogens with zero attached hydrogens (tertiary/aromatic N) is 4. The van der Waals surface area contributed by atoms with Crippen molar-refractivity contribution < 1.29 is 9.53 Å². The van der Waals surface area contributed by atoms with Crippen molar-refractivity contribution in [2.45, 2.75) is 6.92 Å². The van der Waals surface area contributed by atoms with Gasteiger partial charge in [0.1, 0.15) is 6.07 Å². The van der Waals surface area contributed by atoms with E-state index in [2.05, 4.69) is 16.3 Å². The van der Waals surface area contributed by atoms with Crippen molar-refractivity contribution in [2.24, 2.45) is 11.8 Å². The molecule has 2 heterocycles. The van der Waals surface area contributed by atoms with E-state index in [4.69, 9.17) is 10.00 Å². The number of anilines is 1. The maximum atomic E-state index is 11.6. The summed E-state index contributed by atoms with van der Waals surface area (Å²) in [6.07, 6.45) is 1.49. The topological polar surface area (TPSA) is 79.1 Å². The molecule has 18 heavy (non-hydrogen) atoms. The Morgan fingerprint density at radius 3 is 3.06 bits per heavy atom. The average Bonchev–Trinajstić information content (AvgIpc) is 2.79. The molecule has 1 fully saturated rings. The summed E-state index contributed by atoms with van der Waals surface area (Å²) in [5.74, 6) is 0.320. The highest BCUT2D eigenvalue weighted by atomic mass is 16.5. The predicted molar refractivity (Wildman–Crippen MR) is 63.6 cm³/mol. The fourth-order valence-corrected chi connectivity index (χ4v) is 2.24. The van der Waals surface area contributed by atoms with Gasteiger partial charge in [-0.25, -0.2) is 0 Å². The molecule has 0 amide bonds. The number of rotatable bonds is 2. The second-order valence-electron chi connectivity index (χ2n) is 4.39. The van der Waals surface area contributed by atoms with Gasteiger partial charge in [-0.15, -0.1) is 5.10 Å². The Balaban J connectivity index is 2.22. The maximum absolute atomic E-state index is 11.6. The average molecular weight is 246 g/mol. The van der Waals surface area contributed by atoms with Gasteiger partial charge in [-0.3, -0.25) is 4.79 Å². The lowest BCUT2D eigenvalue weighted by atomic mass is 9.99. The van der Waals surface area contributed by atoms with Gasteiger partial charge in [0, 0.05) is 13.1 Å². The molecule has 2 unspecified atom stereocenters. The summed E-state index contributed by atoms with van der Waals surface area (Å²) in [4.78, 5) is 13.5. The highest BCUT2D eigenvalue weighted by molar-refractivity contribution is 5.74. The van der Waals surface area contributed by atoms with E-state index in [0.29, 0.717) is 24.5 Å². The minimum atomic E-state index is -0.215. The SMILES string of the molecule is COC(=O)C1CN(c2nnccc2C#N)CC1C. The third-order valence-electron chi connectivity index (χ3n) is 3.24. The lowest BCUT2D eigenvalue weighted by Gasteiger charge is -2.16. The number of nitriles is 1. The Labute approximate surface area is 105 Å². The minimum absolute atomic E-state index is 0.172. The summed E-state index contributed by atoms with van der Waals surface area (Å²) in [6, 6.07) is 3.71. The first kappa shape index (κ1) is 12.3. The van der Waals surface area contributed by atoms with Crippen LogP contribution in [-0.4, -0.2) is 36.4 Å². The Morgan fingerprint density at radius 2 is 2.39 bits per heavy atom. The summed E-state index contributed by atoms with van der Waals surface area (Å²) >= 11 is 0. The zero-order valence-corrected chi connectivity index (χ0v) is 10.3. The Morgan fingerprint density at radius 1 is 1.61 bits per heavy atom. The van der Waals surface area contributed by atoms with E-state index in [1.165, 1.54) is 13.3 Å². The van der Waals surface area contributed by atoms with E-state index in [1.807, 2.05) is 11.8 Å². The van der Waals surface area contributed by atoms with Crippen LogP contribution < -0.4 is 4.90 Å². The standard InChI is InChI=1S/C12H14N4O2/c1-8-6-16(7-10(8)12(17)18-2)11-9(5-13)3-4-14-15-11/h3-4,8,10H,6-7H2,1-2H3. The van der Waals surface area contributed by atoms with E-state index in [9.17, 15) is 4.79 Å². The Kier molecular flexibility index (Phi) is 3.42. The molecule has 1 aromatic rings. The smallest absolute Gasteiger partial charge is 0.310 e. The maximum Gasteiger partial charge on any atom is 0.310 e. The first-order valence-corrected chi connectivity index (χ1v) is 5.72. The number of methoxy groups -OCH3 is 1. The zero-order chi connectivity index (χ0) is 13.1. The summed E-state index contributed by atoms with van der Waals surface area (Å²) in [6.45, 7) is 3.18. The molecule has 0 aliphatic carbocycles. The van der Waals surface area contributed by atoms with Gasteiger partial charge in [0.25, 0.3) is 0 Å². The Bertz CT molecular complexity index is 497. The van der Waals surface area contributed by atoms with Crippen LogP contribution in [0.1, 0.15) is 12.5 Å². The number of hydrogen-bond donors (Lipinski definition) is 0. The number of hydrogen-bond acceptors (Lipinski definition) is 6. The highest BCUT2D eigenvalue weighted by Crippen LogP contribution is 2.28. The van der Waals surface area contributed by atoms with Gasteiger partial charge in [-0.2, -0.15) is 10.4 Å². The van der Waals surface area contributed by atoms with Gasteiger partial charge < -0.3 is 9.64 Å². The molecule has 2 rings (SSSR count). The van der Waals surface area contributed by atoms with Crippen molar-refractivity contribution in [3.8, 4) is 6.07 Å². The van der Waals surface area contributed by atoms with Crippen molar-refractivity contribution in [3.63, 3.8) is 0 Å². The zero-order valence-electron chi connectivity index (χ0n) is 10.3. The van der Waals surface area contributed by atoms with E-state index < -0.39 is 0 Å². The van der Waals surface area contributed by atoms with Gasteiger partial charge in [-0.1, -0.05) is 6.92 Å². The summed E-state index contributed by atoms with van der Waals surface area (Å²) < 4.78 is 4.78. The van der Waals surface area contributed by atoms with Crippen molar-refractivity contribution >= 4 is 11.8 Å². The molecule has 2 atom stereocenters. The fourth-order valence-electron chi connectivity index (χ4n) is 2.24. The van der Waals surface area contributed by atoms with Crippen molar-refractivity contribution in [1.29, 1.82) is 5.26 Å². The number of aromatic nitrogens is 2. The van der Waals surface area contributed by atoms with Crippen LogP contribution in [0.3, 0.4) is 0 Å². The quantitative estimate of drug-likeness (QED) is 0.711. The number of carbonyl (C=O) groups is 1. The van der Waals surface area contributed by atoms with Crippen LogP contribution in [0.15, 0.2) is 12.3 Å². The number of carbonyl (C=O) groups excluding carboxylic acids is 1. The lowest BCUT2D eigenvalue weighted by Crippen LogP contribution is -2.25. The van der Waals surface area contributed by atoms with Crippen molar-refractivity contribution in [2.75, 3.05) is 25.1 Å². The van der Waals surface area contributed by atoms with Crippen LogP contribution in [0, 0.1) is 23.2 Å². The van der Waals surface area contributed by atoms with Gasteiger partial charge in [-0.05, 0) is 12.0 Å². The molecule has 1 aliphatic rings. The van der Waals surface area contributed by atoms with E-state index >= 15 is 0 Å². The molecule has 0 radical (unpaired) electrons. The molecule has 0 spiro atoms. The van der Waals surface area contributed by atoms with Crippen LogP contribution in [0.2, 0.25) is 0 Å². The highest BCUT2D eigenvalue weighted by Gasteiger charge is 2.36. The molecule has 0 N–H and O–H groups in total. The molecule has 1 aliphatic heterocycles. The van der Waals surface area contributed by atoms with Crippen molar-refractivity contribution in [3.05, 3.63) is 17.8 Å². The molecular formula is C12H14N4O2. The molecule has 1 aromatic heterocycles. The van der Waals surface area contributed by atoms with E-state index in [1.54, 1.807) is 6.07 Å². The van der Waals surface area contributed by atoms with Gasteiger partial charge >= 0.3 is 5.97 Å². The normalized spacial score (nSPS) is 22.6. The molecule has 6 heteroatoms. The number of esters is 1. The molecule has 0 saturated carbocycles. The molecular weight excluding hydrogens is 232 g/mol. The summed E-state index contributed by atoms with van der Waals surface area (Å²) in [5.41, 5.74) is 0.475. The third-order valence-corrected chi connectivity index (χ3v) is 3.24. The predicted octanol–water partition coefficient (Wildman–Crippen LogP) is 0.594. The summed E-state index contributed by atoms with van der Waals surface area (Å²) in [5, 5.41) is 16.8.